The summed E-state index contributed by atoms with van der Waals surface area (Å²) in [6, 6.07) is 2.98. The first-order valence-corrected chi connectivity index (χ1v) is 7.19. The number of methoxy groups -OCH3 is 1. The summed E-state index contributed by atoms with van der Waals surface area (Å²) in [5.41, 5.74) is -0.0965. The molecule has 0 saturated heterocycles. The summed E-state index contributed by atoms with van der Waals surface area (Å²) >= 11 is 0. The van der Waals surface area contributed by atoms with Gasteiger partial charge in [-0.25, -0.2) is 12.8 Å². The lowest BCUT2D eigenvalue weighted by Crippen LogP contribution is -2.33. The van der Waals surface area contributed by atoms with E-state index in [1.807, 2.05) is 0 Å². The summed E-state index contributed by atoms with van der Waals surface area (Å²) in [5, 5.41) is 8.66. The standard InChI is InChI=1S/C13H14FNO5S/c1-15(9-13(17)20-2)21(18,19)12-6-5-11(14)8-10(12)4-3-7-16/h5-6,8,16H,7,9H2,1-2H3. The number of nitrogens with zero attached hydrogens (tertiary/aromatic N) is 1. The Morgan fingerprint density at radius 2 is 2.14 bits per heavy atom. The van der Waals surface area contributed by atoms with Gasteiger partial charge in [0, 0.05) is 12.6 Å². The van der Waals surface area contributed by atoms with E-state index in [9.17, 15) is 17.6 Å². The second-order valence-corrected chi connectivity index (χ2v) is 5.95. The lowest BCUT2D eigenvalue weighted by atomic mass is 10.2. The van der Waals surface area contributed by atoms with E-state index in [0.29, 0.717) is 0 Å². The molecule has 21 heavy (non-hydrogen) atoms. The highest BCUT2D eigenvalue weighted by atomic mass is 32.2. The zero-order valence-corrected chi connectivity index (χ0v) is 12.3. The normalized spacial score (nSPS) is 10.9. The van der Waals surface area contributed by atoms with Crippen molar-refractivity contribution in [2.75, 3.05) is 27.3 Å². The molecule has 114 valence electrons. The van der Waals surface area contributed by atoms with E-state index < -0.39 is 35.0 Å². The van der Waals surface area contributed by atoms with Gasteiger partial charge in [-0.15, -0.1) is 0 Å². The van der Waals surface area contributed by atoms with Gasteiger partial charge >= 0.3 is 5.97 Å². The van der Waals surface area contributed by atoms with Gasteiger partial charge in [-0.1, -0.05) is 11.8 Å². The van der Waals surface area contributed by atoms with Gasteiger partial charge in [0.05, 0.1) is 12.0 Å². The van der Waals surface area contributed by atoms with Gasteiger partial charge in [-0.05, 0) is 18.2 Å². The highest BCUT2D eigenvalue weighted by Gasteiger charge is 2.25. The van der Waals surface area contributed by atoms with Crippen molar-refractivity contribution in [2.45, 2.75) is 4.90 Å². The summed E-state index contributed by atoms with van der Waals surface area (Å²) < 4.78 is 43.1. The van der Waals surface area contributed by atoms with Crippen molar-refractivity contribution >= 4 is 16.0 Å². The van der Waals surface area contributed by atoms with Gasteiger partial charge in [0.15, 0.2) is 0 Å². The van der Waals surface area contributed by atoms with E-state index in [1.165, 1.54) is 7.05 Å². The van der Waals surface area contributed by atoms with Crippen LogP contribution in [0, 0.1) is 17.7 Å². The number of likely N-dealkylation sites (N-methyl/N-ethyl adjacent to an activating group) is 1. The molecule has 0 saturated carbocycles. The largest absolute Gasteiger partial charge is 0.468 e. The lowest BCUT2D eigenvalue weighted by molar-refractivity contribution is -0.140. The highest BCUT2D eigenvalue weighted by molar-refractivity contribution is 7.89. The number of esters is 1. The average Bonchev–Trinajstić information content (AvgIpc) is 2.44. The number of carbonyl (C=O) groups is 1. The first kappa shape index (κ1) is 17.1. The van der Waals surface area contributed by atoms with E-state index in [-0.39, 0.29) is 10.5 Å². The number of sulfonamides is 1. The number of aliphatic hydroxyl groups is 1. The Morgan fingerprint density at radius 1 is 1.48 bits per heavy atom. The molecule has 0 radical (unpaired) electrons. The van der Waals surface area contributed by atoms with Crippen LogP contribution in [0.5, 0.6) is 0 Å². The minimum Gasteiger partial charge on any atom is -0.468 e. The fourth-order valence-corrected chi connectivity index (χ4v) is 2.70. The number of halogens is 1. The van der Waals surface area contributed by atoms with Crippen molar-refractivity contribution in [1.82, 2.24) is 4.31 Å². The summed E-state index contributed by atoms with van der Waals surface area (Å²) in [7, 11) is -1.71. The van der Waals surface area contributed by atoms with Crippen LogP contribution >= 0.6 is 0 Å². The van der Waals surface area contributed by atoms with Gasteiger partial charge < -0.3 is 9.84 Å². The zero-order chi connectivity index (χ0) is 16.0. The zero-order valence-electron chi connectivity index (χ0n) is 11.5. The SMILES string of the molecule is COC(=O)CN(C)S(=O)(=O)c1ccc(F)cc1C#CCO. The van der Waals surface area contributed by atoms with E-state index >= 15 is 0 Å². The molecular weight excluding hydrogens is 301 g/mol. The lowest BCUT2D eigenvalue weighted by Gasteiger charge is -2.16. The van der Waals surface area contributed by atoms with Crippen molar-refractivity contribution in [3.8, 4) is 11.8 Å². The predicted molar refractivity (Wildman–Crippen MR) is 72.2 cm³/mol. The minimum atomic E-state index is -4.04. The average molecular weight is 315 g/mol. The Hall–Kier alpha value is -1.95. The number of hydrogen-bond acceptors (Lipinski definition) is 5. The summed E-state index contributed by atoms with van der Waals surface area (Å²) in [5.74, 6) is 3.24. The number of ether oxygens (including phenoxy) is 1. The molecule has 0 aromatic heterocycles. The molecule has 0 unspecified atom stereocenters. The molecule has 0 aliphatic rings. The van der Waals surface area contributed by atoms with Crippen molar-refractivity contribution in [1.29, 1.82) is 0 Å². The maximum absolute atomic E-state index is 13.2. The molecule has 8 heteroatoms. The van der Waals surface area contributed by atoms with Gasteiger partial charge in [-0.3, -0.25) is 4.79 Å². The van der Waals surface area contributed by atoms with Gasteiger partial charge in [0.1, 0.15) is 19.0 Å². The third kappa shape index (κ3) is 4.26. The quantitative estimate of drug-likeness (QED) is 0.623. The molecule has 0 fully saturated rings. The fourth-order valence-electron chi connectivity index (χ4n) is 1.46. The maximum Gasteiger partial charge on any atom is 0.321 e. The number of benzene rings is 1. The molecular formula is C13H14FNO5S. The number of hydrogen-bond donors (Lipinski definition) is 1. The maximum atomic E-state index is 13.2. The van der Waals surface area contributed by atoms with Crippen molar-refractivity contribution in [2.24, 2.45) is 0 Å². The monoisotopic (exact) mass is 315 g/mol. The van der Waals surface area contributed by atoms with Crippen LogP contribution < -0.4 is 0 Å². The van der Waals surface area contributed by atoms with E-state index in [2.05, 4.69) is 16.6 Å². The third-order valence-corrected chi connectivity index (χ3v) is 4.37. The molecule has 0 heterocycles. The fraction of sp³-hybridized carbons (Fsp3) is 0.308. The van der Waals surface area contributed by atoms with Crippen LogP contribution in [-0.4, -0.2) is 51.1 Å². The topological polar surface area (TPSA) is 83.9 Å². The van der Waals surface area contributed by atoms with Crippen LogP contribution in [0.3, 0.4) is 0 Å². The first-order chi connectivity index (χ1) is 9.82. The Balaban J connectivity index is 3.28. The highest BCUT2D eigenvalue weighted by Crippen LogP contribution is 2.20. The van der Waals surface area contributed by atoms with Gasteiger partial charge in [0.2, 0.25) is 10.0 Å². The molecule has 1 rings (SSSR count). The molecule has 0 aliphatic carbocycles. The smallest absolute Gasteiger partial charge is 0.321 e. The summed E-state index contributed by atoms with van der Waals surface area (Å²) in [6.07, 6.45) is 0. The molecule has 6 nitrogen and oxygen atoms in total. The number of aliphatic hydroxyl groups excluding tert-OH is 1. The van der Waals surface area contributed by atoms with E-state index in [1.54, 1.807) is 0 Å². The second kappa shape index (κ2) is 7.17. The third-order valence-electron chi connectivity index (χ3n) is 2.51. The van der Waals surface area contributed by atoms with Crippen molar-refractivity contribution < 1.29 is 27.4 Å². The molecule has 0 atom stereocenters. The summed E-state index contributed by atoms with van der Waals surface area (Å²) in [4.78, 5) is 10.9. The second-order valence-electron chi connectivity index (χ2n) is 3.94. The Morgan fingerprint density at radius 3 is 2.71 bits per heavy atom. The molecule has 1 aromatic rings. The molecule has 0 amide bonds. The minimum absolute atomic E-state index is 0.0965. The Labute approximate surface area is 122 Å². The first-order valence-electron chi connectivity index (χ1n) is 5.75. The van der Waals surface area contributed by atoms with Crippen molar-refractivity contribution in [3.63, 3.8) is 0 Å². The van der Waals surface area contributed by atoms with E-state index in [0.717, 1.165) is 29.6 Å². The van der Waals surface area contributed by atoms with Crippen LogP contribution in [0.4, 0.5) is 4.39 Å². The van der Waals surface area contributed by atoms with Crippen LogP contribution in [0.1, 0.15) is 5.56 Å². The van der Waals surface area contributed by atoms with Crippen LogP contribution in [0.25, 0.3) is 0 Å². The predicted octanol–water partition coefficient (Wildman–Crippen LogP) is -0.0370. The Kier molecular flexibility index (Phi) is 5.84. The number of rotatable bonds is 4. The van der Waals surface area contributed by atoms with Gasteiger partial charge in [0.25, 0.3) is 0 Å². The number of carbonyl (C=O) groups excluding carboxylic acids is 1. The van der Waals surface area contributed by atoms with Crippen molar-refractivity contribution in [3.05, 3.63) is 29.6 Å². The Bertz CT molecular complexity index is 690. The molecule has 0 bridgehead atoms. The van der Waals surface area contributed by atoms with E-state index in [4.69, 9.17) is 5.11 Å². The summed E-state index contributed by atoms with van der Waals surface area (Å²) in [6.45, 7) is -0.975. The molecule has 0 spiro atoms. The van der Waals surface area contributed by atoms with Crippen LogP contribution in [0.15, 0.2) is 23.1 Å². The molecule has 1 aromatic carbocycles. The van der Waals surface area contributed by atoms with Gasteiger partial charge in [-0.2, -0.15) is 4.31 Å². The molecule has 0 aliphatic heterocycles. The van der Waals surface area contributed by atoms with Crippen LogP contribution in [0.2, 0.25) is 0 Å². The van der Waals surface area contributed by atoms with Crippen LogP contribution in [-0.2, 0) is 19.6 Å². The molecule has 1 N–H and O–H groups in total.